The molecule has 0 rings (SSSR count). The third kappa shape index (κ3) is 9.58. The van der Waals surface area contributed by atoms with E-state index in [1.165, 1.54) is 5.32 Å². The monoisotopic (exact) mass is 441 g/mol. The van der Waals surface area contributed by atoms with Crippen LogP contribution in [0.5, 0.6) is 0 Å². The van der Waals surface area contributed by atoms with E-state index in [0.717, 1.165) is 0 Å². The Kier molecular flexibility index (Phi) is 9.32. The van der Waals surface area contributed by atoms with E-state index in [0.29, 0.717) is 0 Å². The fraction of sp³-hybridized carbons (Fsp3) is 0.583. The Morgan fingerprint density at radius 1 is 0.828 bits per heavy atom. The second-order valence-corrected chi connectivity index (χ2v) is 4.92. The lowest BCUT2D eigenvalue weighted by atomic mass is 10.2. The predicted octanol–water partition coefficient (Wildman–Crippen LogP) is -1.79. The van der Waals surface area contributed by atoms with Gasteiger partial charge in [-0.2, -0.15) is 26.3 Å². The lowest BCUT2D eigenvalue weighted by Gasteiger charge is -2.21. The number of hydrogen-bond acceptors (Lipinski definition) is 8. The summed E-state index contributed by atoms with van der Waals surface area (Å²) in [5.41, 5.74) is 4.93. The predicted molar refractivity (Wildman–Crippen MR) is 74.6 cm³/mol. The minimum absolute atomic E-state index is 0.775. The Morgan fingerprint density at radius 3 is 1.59 bits per heavy atom. The van der Waals surface area contributed by atoms with Crippen LogP contribution in [0.4, 0.5) is 26.3 Å². The zero-order chi connectivity index (χ0) is 23.0. The van der Waals surface area contributed by atoms with Crippen molar-refractivity contribution in [2.45, 2.75) is 24.4 Å². The Labute approximate surface area is 156 Å². The van der Waals surface area contributed by atoms with Crippen molar-refractivity contribution in [2.75, 3.05) is 19.8 Å². The van der Waals surface area contributed by atoms with Crippen molar-refractivity contribution in [1.29, 1.82) is 0 Å². The van der Waals surface area contributed by atoms with Crippen LogP contribution >= 0.6 is 0 Å². The average Bonchev–Trinajstić information content (AvgIpc) is 2.58. The summed E-state index contributed by atoms with van der Waals surface area (Å²) in [5, 5.41) is 12.1. The number of carbonyl (C=O) groups excluding carboxylic acids is 4. The fourth-order valence-electron chi connectivity index (χ4n) is 1.36. The number of hydrogen-bond donors (Lipinski definition) is 4. The first-order valence-electron chi connectivity index (χ1n) is 7.10. The van der Waals surface area contributed by atoms with Crippen molar-refractivity contribution in [2.24, 2.45) is 5.73 Å². The van der Waals surface area contributed by atoms with Crippen molar-refractivity contribution in [3.63, 3.8) is 0 Å². The normalized spacial score (nSPS) is 13.6. The van der Waals surface area contributed by atoms with Gasteiger partial charge in [-0.15, -0.1) is 0 Å². The minimum atomic E-state index is -5.46. The Morgan fingerprint density at radius 2 is 1.24 bits per heavy atom. The molecule has 0 saturated carbocycles. The number of aliphatic carboxylic acids is 1. The van der Waals surface area contributed by atoms with Gasteiger partial charge in [0.05, 0.1) is 6.54 Å². The minimum Gasteiger partial charge on any atom is -0.480 e. The molecular weight excluding hydrogens is 428 g/mol. The van der Waals surface area contributed by atoms with Crippen molar-refractivity contribution in [3.8, 4) is 0 Å². The summed E-state index contributed by atoms with van der Waals surface area (Å²) in [6, 6.07) is -4.39. The third-order valence-electron chi connectivity index (χ3n) is 2.68. The maximum atomic E-state index is 12.1. The number of nitrogens with one attached hydrogen (secondary N) is 2. The van der Waals surface area contributed by atoms with Crippen LogP contribution in [0.15, 0.2) is 0 Å². The van der Waals surface area contributed by atoms with Gasteiger partial charge in [0.25, 0.3) is 0 Å². The van der Waals surface area contributed by atoms with E-state index < -0.39 is 73.9 Å². The fourth-order valence-corrected chi connectivity index (χ4v) is 1.36. The summed E-state index contributed by atoms with van der Waals surface area (Å²) in [6.07, 6.45) is -10.9. The zero-order valence-corrected chi connectivity index (χ0v) is 13.9. The molecule has 0 aromatic rings. The van der Waals surface area contributed by atoms with Gasteiger partial charge < -0.3 is 30.9 Å². The summed E-state index contributed by atoms with van der Waals surface area (Å²) < 4.78 is 79.9. The first-order valence-corrected chi connectivity index (χ1v) is 7.10. The molecule has 17 heteroatoms. The number of ether oxygens (including phenoxy) is 2. The first-order chi connectivity index (χ1) is 13.1. The molecule has 166 valence electrons. The molecule has 11 nitrogen and oxygen atoms in total. The summed E-state index contributed by atoms with van der Waals surface area (Å²) in [7, 11) is 0. The number of rotatable bonds is 9. The smallest absolute Gasteiger partial charge is 0.480 e. The molecule has 0 bridgehead atoms. The van der Waals surface area contributed by atoms with Crippen LogP contribution in [0.1, 0.15) is 0 Å². The molecule has 0 radical (unpaired) electrons. The summed E-state index contributed by atoms with van der Waals surface area (Å²) in [4.78, 5) is 55.4. The Hall–Kier alpha value is -3.11. The molecule has 0 aliphatic carbocycles. The largest absolute Gasteiger partial charge is 0.490 e. The van der Waals surface area contributed by atoms with Gasteiger partial charge in [0, 0.05) is 0 Å². The van der Waals surface area contributed by atoms with E-state index in [9.17, 15) is 50.3 Å². The molecule has 0 aromatic carbocycles. The van der Waals surface area contributed by atoms with Crippen LogP contribution in [0.25, 0.3) is 0 Å². The van der Waals surface area contributed by atoms with Crippen LogP contribution in [0.3, 0.4) is 0 Å². The lowest BCUT2D eigenvalue weighted by Crippen LogP contribution is -2.56. The highest BCUT2D eigenvalue weighted by molar-refractivity contribution is 5.91. The van der Waals surface area contributed by atoms with Crippen LogP contribution < -0.4 is 16.4 Å². The molecular formula is C12H13F6N3O8. The van der Waals surface area contributed by atoms with E-state index in [4.69, 9.17) is 10.8 Å². The van der Waals surface area contributed by atoms with E-state index in [1.807, 2.05) is 0 Å². The highest BCUT2D eigenvalue weighted by atomic mass is 19.4. The van der Waals surface area contributed by atoms with Crippen molar-refractivity contribution in [1.82, 2.24) is 10.6 Å². The molecule has 0 aliphatic rings. The number of esters is 2. The van der Waals surface area contributed by atoms with E-state index in [1.54, 1.807) is 5.32 Å². The van der Waals surface area contributed by atoms with E-state index in [-0.39, 0.29) is 0 Å². The SMILES string of the molecule is NCC(=O)N[C@@H](COC(=O)C(F)(F)F)C(=O)N[C@@H](COC(=O)C(F)(F)F)C(=O)O. The molecule has 5 N–H and O–H groups in total. The summed E-state index contributed by atoms with van der Waals surface area (Å²) >= 11 is 0. The maximum absolute atomic E-state index is 12.1. The quantitative estimate of drug-likeness (QED) is 0.238. The van der Waals surface area contributed by atoms with Gasteiger partial charge in [0.2, 0.25) is 11.8 Å². The molecule has 0 saturated heterocycles. The van der Waals surface area contributed by atoms with Crippen molar-refractivity contribution < 1.29 is 64.9 Å². The maximum Gasteiger partial charge on any atom is 0.490 e. The van der Waals surface area contributed by atoms with Crippen LogP contribution in [-0.2, 0) is 33.4 Å². The molecule has 0 aromatic heterocycles. The van der Waals surface area contributed by atoms with Crippen molar-refractivity contribution in [3.05, 3.63) is 0 Å². The van der Waals surface area contributed by atoms with Gasteiger partial charge in [-0.1, -0.05) is 0 Å². The molecule has 0 spiro atoms. The molecule has 2 atom stereocenters. The third-order valence-corrected chi connectivity index (χ3v) is 2.68. The standard InChI is InChI=1S/C12H13F6N3O8/c13-11(14,15)9(26)28-2-4(20-6(22)1-19)7(23)21-5(8(24)25)3-29-10(27)12(16,17)18/h4-5H,1-3,19H2,(H,20,22)(H,21,23)(H,24,25)/t4-,5-/m0/s1. The Balaban J connectivity index is 5.17. The number of amides is 2. The number of nitrogens with two attached hydrogens (primary N) is 1. The van der Waals surface area contributed by atoms with Crippen LogP contribution in [0, 0.1) is 0 Å². The highest BCUT2D eigenvalue weighted by Crippen LogP contribution is 2.17. The first kappa shape index (κ1) is 25.9. The van der Waals surface area contributed by atoms with Gasteiger partial charge >= 0.3 is 30.3 Å². The highest BCUT2D eigenvalue weighted by Gasteiger charge is 2.43. The van der Waals surface area contributed by atoms with Crippen LogP contribution in [-0.4, -0.2) is 79.0 Å². The van der Waals surface area contributed by atoms with Crippen molar-refractivity contribution >= 4 is 29.7 Å². The van der Waals surface area contributed by atoms with E-state index in [2.05, 4.69) is 9.47 Å². The van der Waals surface area contributed by atoms with E-state index >= 15 is 0 Å². The number of halogens is 6. The lowest BCUT2D eigenvalue weighted by molar-refractivity contribution is -0.201. The molecule has 0 heterocycles. The second kappa shape index (κ2) is 10.4. The number of alkyl halides is 6. The van der Waals surface area contributed by atoms with Gasteiger partial charge in [0.15, 0.2) is 6.04 Å². The number of carboxylic acid groups (broad SMARTS) is 1. The number of carbonyl (C=O) groups is 5. The molecule has 0 fully saturated rings. The molecule has 29 heavy (non-hydrogen) atoms. The van der Waals surface area contributed by atoms with Gasteiger partial charge in [0.1, 0.15) is 19.3 Å². The molecule has 0 aliphatic heterocycles. The van der Waals surface area contributed by atoms with Gasteiger partial charge in [-0.3, -0.25) is 9.59 Å². The second-order valence-electron chi connectivity index (χ2n) is 4.92. The van der Waals surface area contributed by atoms with Gasteiger partial charge in [-0.05, 0) is 0 Å². The van der Waals surface area contributed by atoms with Crippen LogP contribution in [0.2, 0.25) is 0 Å². The topological polar surface area (TPSA) is 174 Å². The zero-order valence-electron chi connectivity index (χ0n) is 13.9. The molecule has 2 amide bonds. The average molecular weight is 441 g/mol. The van der Waals surface area contributed by atoms with Gasteiger partial charge in [-0.25, -0.2) is 14.4 Å². The summed E-state index contributed by atoms with van der Waals surface area (Å²) in [6.45, 7) is -3.72. The Bertz CT molecular complexity index is 651. The summed E-state index contributed by atoms with van der Waals surface area (Å²) in [5.74, 6) is -10.2. The number of carboxylic acids is 1. The molecule has 0 unspecified atom stereocenters.